The Kier molecular flexibility index (Phi) is 6.40. The zero-order valence-corrected chi connectivity index (χ0v) is 16.9. The maximum Gasteiger partial charge on any atom is 0.323 e. The predicted molar refractivity (Wildman–Crippen MR) is 112 cm³/mol. The van der Waals surface area contributed by atoms with E-state index in [9.17, 15) is 9.90 Å². The number of thiazole rings is 1. The van der Waals surface area contributed by atoms with Crippen molar-refractivity contribution in [2.75, 3.05) is 31.3 Å². The van der Waals surface area contributed by atoms with Gasteiger partial charge < -0.3 is 20.6 Å². The number of amides is 2. The monoisotopic (exact) mass is 400 g/mol. The fraction of sp³-hybridized carbons (Fsp3) is 0.316. The molecule has 0 aliphatic heterocycles. The lowest BCUT2D eigenvalue weighted by molar-refractivity contribution is 0.116. The number of urea groups is 1. The summed E-state index contributed by atoms with van der Waals surface area (Å²) in [4.78, 5) is 18.6. The highest BCUT2D eigenvalue weighted by molar-refractivity contribution is 7.09. The molecule has 28 heavy (non-hydrogen) atoms. The molecule has 2 heterocycles. The highest BCUT2D eigenvalue weighted by Gasteiger charge is 2.10. The minimum Gasteiger partial charge on any atom is -0.390 e. The molecular weight excluding hydrogens is 376 g/mol. The van der Waals surface area contributed by atoms with Crippen LogP contribution in [0.4, 0.5) is 16.2 Å². The lowest BCUT2D eigenvalue weighted by atomic mass is 10.1. The van der Waals surface area contributed by atoms with E-state index in [2.05, 4.69) is 20.7 Å². The van der Waals surface area contributed by atoms with Gasteiger partial charge in [-0.25, -0.2) is 9.78 Å². The molecule has 1 atom stereocenters. The quantitative estimate of drug-likeness (QED) is 0.567. The van der Waals surface area contributed by atoms with E-state index >= 15 is 0 Å². The third kappa shape index (κ3) is 5.62. The number of aromatic nitrogens is 3. The molecule has 0 spiro atoms. The fourth-order valence-corrected chi connectivity index (χ4v) is 3.36. The average Bonchev–Trinajstić information content (AvgIpc) is 3.23. The summed E-state index contributed by atoms with van der Waals surface area (Å²) in [6.07, 6.45) is 2.71. The third-order valence-corrected chi connectivity index (χ3v) is 4.70. The normalized spacial score (nSPS) is 12.2. The predicted octanol–water partition coefficient (Wildman–Crippen LogP) is 2.88. The molecule has 0 saturated carbocycles. The molecule has 1 unspecified atom stereocenters. The van der Waals surface area contributed by atoms with E-state index in [-0.39, 0.29) is 6.03 Å². The number of aliphatic hydroxyl groups excluding tert-OH is 1. The van der Waals surface area contributed by atoms with Gasteiger partial charge in [-0.05, 0) is 33.2 Å². The van der Waals surface area contributed by atoms with E-state index in [1.54, 1.807) is 28.4 Å². The van der Waals surface area contributed by atoms with Crippen LogP contribution in [0.5, 0.6) is 0 Å². The Balaban J connectivity index is 1.53. The Morgan fingerprint density at radius 3 is 2.61 bits per heavy atom. The Morgan fingerprint density at radius 1 is 1.25 bits per heavy atom. The summed E-state index contributed by atoms with van der Waals surface area (Å²) in [7, 11) is 3.79. The third-order valence-electron chi connectivity index (χ3n) is 3.92. The summed E-state index contributed by atoms with van der Waals surface area (Å²) < 4.78 is 1.61. The van der Waals surface area contributed by atoms with Gasteiger partial charge in [0.05, 0.1) is 35.2 Å². The summed E-state index contributed by atoms with van der Waals surface area (Å²) in [6, 6.07) is 7.17. The van der Waals surface area contributed by atoms with Crippen LogP contribution in [0.25, 0.3) is 11.3 Å². The Morgan fingerprint density at radius 2 is 1.96 bits per heavy atom. The van der Waals surface area contributed by atoms with Crippen molar-refractivity contribution >= 4 is 28.7 Å². The molecule has 2 aromatic heterocycles. The van der Waals surface area contributed by atoms with Gasteiger partial charge in [-0.1, -0.05) is 12.1 Å². The molecule has 9 heteroatoms. The highest BCUT2D eigenvalue weighted by Crippen LogP contribution is 2.23. The van der Waals surface area contributed by atoms with Crippen LogP contribution in [0.2, 0.25) is 0 Å². The second-order valence-electron chi connectivity index (χ2n) is 6.78. The largest absolute Gasteiger partial charge is 0.390 e. The molecule has 8 nitrogen and oxygen atoms in total. The van der Waals surface area contributed by atoms with Gasteiger partial charge in [0.2, 0.25) is 0 Å². The minimum absolute atomic E-state index is 0.356. The van der Waals surface area contributed by atoms with Crippen molar-refractivity contribution < 1.29 is 9.90 Å². The van der Waals surface area contributed by atoms with Crippen molar-refractivity contribution in [2.24, 2.45) is 0 Å². The zero-order valence-electron chi connectivity index (χ0n) is 16.1. The second kappa shape index (κ2) is 8.96. The van der Waals surface area contributed by atoms with Crippen LogP contribution < -0.4 is 10.6 Å². The summed E-state index contributed by atoms with van der Waals surface area (Å²) in [5.41, 5.74) is 3.18. The van der Waals surface area contributed by atoms with Gasteiger partial charge in [-0.3, -0.25) is 4.68 Å². The van der Waals surface area contributed by atoms with E-state index in [0.29, 0.717) is 24.5 Å². The zero-order chi connectivity index (χ0) is 20.1. The number of anilines is 2. The average molecular weight is 401 g/mol. The SMILES string of the molecule is Cc1nc(-c2ccc(NC(=O)Nc3cnn(CC(O)CN(C)C)c3)cc2)cs1. The molecule has 0 bridgehead atoms. The lowest BCUT2D eigenvalue weighted by Crippen LogP contribution is -2.29. The number of hydrogen-bond acceptors (Lipinski definition) is 6. The first-order valence-electron chi connectivity index (χ1n) is 8.85. The van der Waals surface area contributed by atoms with Crippen LogP contribution in [0.15, 0.2) is 42.0 Å². The molecule has 0 aliphatic rings. The lowest BCUT2D eigenvalue weighted by Gasteiger charge is -2.15. The molecule has 2 amide bonds. The van der Waals surface area contributed by atoms with Gasteiger partial charge in [0.15, 0.2) is 0 Å². The summed E-state index contributed by atoms with van der Waals surface area (Å²) in [6.45, 7) is 2.87. The van der Waals surface area contributed by atoms with Crippen molar-refractivity contribution in [3.63, 3.8) is 0 Å². The number of carbonyl (C=O) groups is 1. The van der Waals surface area contributed by atoms with Crippen molar-refractivity contribution in [1.82, 2.24) is 19.7 Å². The van der Waals surface area contributed by atoms with Crippen LogP contribution in [0.1, 0.15) is 5.01 Å². The molecule has 3 rings (SSSR count). The minimum atomic E-state index is -0.531. The van der Waals surface area contributed by atoms with Crippen LogP contribution in [-0.2, 0) is 6.54 Å². The van der Waals surface area contributed by atoms with Crippen LogP contribution >= 0.6 is 11.3 Å². The molecule has 0 fully saturated rings. The van der Waals surface area contributed by atoms with E-state index in [0.717, 1.165) is 16.3 Å². The standard InChI is InChI=1S/C19H24N6O2S/c1-13-21-18(12-28-13)14-4-6-15(7-5-14)22-19(27)23-16-8-20-25(9-16)11-17(26)10-24(2)3/h4-9,12,17,26H,10-11H2,1-3H3,(H2,22,23,27). The van der Waals surface area contributed by atoms with Gasteiger partial charge in [0, 0.05) is 29.4 Å². The van der Waals surface area contributed by atoms with Crippen LogP contribution in [-0.4, -0.2) is 57.5 Å². The number of hydrogen-bond donors (Lipinski definition) is 3. The van der Waals surface area contributed by atoms with Gasteiger partial charge in [0.1, 0.15) is 0 Å². The Labute approximate surface area is 167 Å². The first-order valence-corrected chi connectivity index (χ1v) is 9.73. The number of carbonyl (C=O) groups excluding carboxylic acids is 1. The number of rotatable bonds is 7. The number of aryl methyl sites for hydroxylation is 1. The van der Waals surface area contributed by atoms with Crippen LogP contribution in [0.3, 0.4) is 0 Å². The van der Waals surface area contributed by atoms with Gasteiger partial charge >= 0.3 is 6.03 Å². The first-order chi connectivity index (χ1) is 13.4. The summed E-state index contributed by atoms with van der Waals surface area (Å²) >= 11 is 1.61. The fourth-order valence-electron chi connectivity index (χ4n) is 2.74. The number of benzene rings is 1. The number of nitrogens with zero attached hydrogens (tertiary/aromatic N) is 4. The molecule has 3 aromatic rings. The van der Waals surface area contributed by atoms with Gasteiger partial charge in [0.25, 0.3) is 0 Å². The first kappa shape index (κ1) is 20.0. The second-order valence-corrected chi connectivity index (χ2v) is 7.84. The molecule has 0 radical (unpaired) electrons. The van der Waals surface area contributed by atoms with Crippen molar-refractivity contribution in [2.45, 2.75) is 19.6 Å². The number of aliphatic hydroxyl groups is 1. The maximum absolute atomic E-state index is 12.2. The molecule has 1 aromatic carbocycles. The van der Waals surface area contributed by atoms with Crippen LogP contribution in [0, 0.1) is 6.92 Å². The molecule has 0 saturated heterocycles. The van der Waals surface area contributed by atoms with Crippen molar-refractivity contribution in [3.05, 3.63) is 47.0 Å². The Bertz CT molecular complexity index is 919. The maximum atomic E-state index is 12.2. The topological polar surface area (TPSA) is 95.3 Å². The van der Waals surface area contributed by atoms with E-state index < -0.39 is 6.10 Å². The number of likely N-dealkylation sites (N-methyl/N-ethyl adjacent to an activating group) is 1. The molecule has 3 N–H and O–H groups in total. The summed E-state index contributed by atoms with van der Waals surface area (Å²) in [5.74, 6) is 0. The van der Waals surface area contributed by atoms with E-state index in [1.807, 2.05) is 55.6 Å². The smallest absolute Gasteiger partial charge is 0.323 e. The van der Waals surface area contributed by atoms with Crippen molar-refractivity contribution in [1.29, 1.82) is 0 Å². The Hall–Kier alpha value is -2.75. The number of nitrogens with one attached hydrogen (secondary N) is 2. The van der Waals surface area contributed by atoms with E-state index in [4.69, 9.17) is 0 Å². The molecule has 148 valence electrons. The van der Waals surface area contributed by atoms with E-state index in [1.165, 1.54) is 0 Å². The van der Waals surface area contributed by atoms with Gasteiger partial charge in [-0.15, -0.1) is 11.3 Å². The summed E-state index contributed by atoms with van der Waals surface area (Å²) in [5, 5.41) is 22.7. The van der Waals surface area contributed by atoms with Crippen molar-refractivity contribution in [3.8, 4) is 11.3 Å². The molecular formula is C19H24N6O2S. The highest BCUT2D eigenvalue weighted by atomic mass is 32.1. The van der Waals surface area contributed by atoms with Gasteiger partial charge in [-0.2, -0.15) is 5.10 Å². The molecule has 0 aliphatic carbocycles.